The predicted molar refractivity (Wildman–Crippen MR) is 60.8 cm³/mol. The highest BCUT2D eigenvalue weighted by molar-refractivity contribution is 6.03. The molecule has 1 fully saturated rings. The Morgan fingerprint density at radius 1 is 1.38 bits per heavy atom. The zero-order valence-corrected chi connectivity index (χ0v) is 10.6. The van der Waals surface area contributed by atoms with E-state index in [4.69, 9.17) is 4.74 Å². The first-order chi connectivity index (χ1) is 7.38. The van der Waals surface area contributed by atoms with Crippen molar-refractivity contribution in [2.45, 2.75) is 34.1 Å². The first-order valence-electron chi connectivity index (χ1n) is 5.80. The Morgan fingerprint density at radius 2 is 2.00 bits per heavy atom. The van der Waals surface area contributed by atoms with Crippen molar-refractivity contribution < 1.29 is 14.3 Å². The molecule has 92 valence electrons. The fraction of sp³-hybridized carbons (Fsp3) is 0.833. The molecule has 0 saturated carbocycles. The van der Waals surface area contributed by atoms with Gasteiger partial charge in [-0.1, -0.05) is 20.8 Å². The van der Waals surface area contributed by atoms with E-state index in [1.165, 1.54) is 4.90 Å². The van der Waals surface area contributed by atoms with Gasteiger partial charge < -0.3 is 4.74 Å². The molecule has 0 aromatic heterocycles. The smallest absolute Gasteiger partial charge is 0.233 e. The molecule has 1 atom stereocenters. The minimum atomic E-state index is -0.179. The van der Waals surface area contributed by atoms with E-state index in [2.05, 4.69) is 0 Å². The molecule has 2 amide bonds. The Bertz CT molecular complexity index is 280. The maximum Gasteiger partial charge on any atom is 0.233 e. The number of imide groups is 1. The molecule has 0 N–H and O–H groups in total. The molecule has 4 nitrogen and oxygen atoms in total. The van der Waals surface area contributed by atoms with Crippen LogP contribution in [0.25, 0.3) is 0 Å². The molecule has 0 aromatic carbocycles. The molecule has 0 aliphatic carbocycles. The van der Waals surface area contributed by atoms with Gasteiger partial charge in [0.1, 0.15) is 0 Å². The first kappa shape index (κ1) is 13.2. The van der Waals surface area contributed by atoms with Crippen molar-refractivity contribution in [1.82, 2.24) is 4.90 Å². The summed E-state index contributed by atoms with van der Waals surface area (Å²) < 4.78 is 5.17. The van der Waals surface area contributed by atoms with Gasteiger partial charge in [0.2, 0.25) is 11.8 Å². The second kappa shape index (κ2) is 4.95. The van der Waals surface area contributed by atoms with Crippen LogP contribution in [0, 0.1) is 11.3 Å². The summed E-state index contributed by atoms with van der Waals surface area (Å²) in [6.45, 7) is 9.31. The largest absolute Gasteiger partial charge is 0.380 e. The average molecular weight is 227 g/mol. The first-order valence-corrected chi connectivity index (χ1v) is 5.80. The van der Waals surface area contributed by atoms with Crippen LogP contribution in [-0.2, 0) is 14.3 Å². The molecule has 1 aliphatic heterocycles. The van der Waals surface area contributed by atoms with Gasteiger partial charge in [-0.15, -0.1) is 0 Å². The molecule has 1 unspecified atom stereocenters. The third-order valence-electron chi connectivity index (χ3n) is 2.95. The van der Waals surface area contributed by atoms with Crippen molar-refractivity contribution >= 4 is 11.8 Å². The van der Waals surface area contributed by atoms with Crippen LogP contribution in [0.15, 0.2) is 0 Å². The Morgan fingerprint density at radius 3 is 2.44 bits per heavy atom. The summed E-state index contributed by atoms with van der Waals surface area (Å²) in [7, 11) is 0. The molecule has 0 spiro atoms. The molecule has 16 heavy (non-hydrogen) atoms. The van der Waals surface area contributed by atoms with E-state index >= 15 is 0 Å². The lowest BCUT2D eigenvalue weighted by molar-refractivity contribution is -0.141. The van der Waals surface area contributed by atoms with Gasteiger partial charge in [0, 0.05) is 13.0 Å². The highest BCUT2D eigenvalue weighted by atomic mass is 16.5. The maximum absolute atomic E-state index is 12.0. The number of hydrogen-bond donors (Lipinski definition) is 0. The lowest BCUT2D eigenvalue weighted by Crippen LogP contribution is -2.36. The van der Waals surface area contributed by atoms with Crippen LogP contribution in [0.2, 0.25) is 0 Å². The molecule has 0 aromatic rings. The van der Waals surface area contributed by atoms with E-state index in [0.29, 0.717) is 26.2 Å². The van der Waals surface area contributed by atoms with Crippen LogP contribution in [0.1, 0.15) is 34.1 Å². The molecule has 1 heterocycles. The lowest BCUT2D eigenvalue weighted by Gasteiger charge is -2.24. The summed E-state index contributed by atoms with van der Waals surface area (Å²) in [5, 5.41) is 0. The molecule has 1 rings (SSSR count). The molecule has 1 aliphatic rings. The van der Waals surface area contributed by atoms with Gasteiger partial charge in [0.25, 0.3) is 0 Å². The number of rotatable bonds is 4. The van der Waals surface area contributed by atoms with E-state index in [1.54, 1.807) is 0 Å². The maximum atomic E-state index is 12.0. The second-order valence-electron chi connectivity index (χ2n) is 5.20. The summed E-state index contributed by atoms with van der Waals surface area (Å²) in [5.41, 5.74) is -0.146. The Labute approximate surface area is 96.9 Å². The standard InChI is InChI=1S/C12H21NO3/c1-5-16-7-6-13-10(14)8-9(11(13)15)12(2,3)4/h9H,5-8H2,1-4H3. The fourth-order valence-electron chi connectivity index (χ4n) is 1.89. The molecule has 0 radical (unpaired) electrons. The number of carbonyl (C=O) groups excluding carboxylic acids is 2. The van der Waals surface area contributed by atoms with Crippen molar-refractivity contribution in [1.29, 1.82) is 0 Å². The SMILES string of the molecule is CCOCCN1C(=O)CC(C(C)(C)C)C1=O. The van der Waals surface area contributed by atoms with Crippen molar-refractivity contribution in [2.75, 3.05) is 19.8 Å². The average Bonchev–Trinajstić information content (AvgIpc) is 2.44. The Balaban J connectivity index is 2.61. The van der Waals surface area contributed by atoms with Gasteiger partial charge >= 0.3 is 0 Å². The summed E-state index contributed by atoms with van der Waals surface area (Å²) in [6, 6.07) is 0. The van der Waals surface area contributed by atoms with E-state index < -0.39 is 0 Å². The highest BCUT2D eigenvalue weighted by Gasteiger charge is 2.44. The van der Waals surface area contributed by atoms with Crippen LogP contribution in [0.3, 0.4) is 0 Å². The number of nitrogens with zero attached hydrogens (tertiary/aromatic N) is 1. The van der Waals surface area contributed by atoms with Crippen LogP contribution in [-0.4, -0.2) is 36.5 Å². The van der Waals surface area contributed by atoms with E-state index in [-0.39, 0.29) is 23.1 Å². The fourth-order valence-corrected chi connectivity index (χ4v) is 1.89. The monoisotopic (exact) mass is 227 g/mol. The number of ether oxygens (including phenoxy) is 1. The number of hydrogen-bond acceptors (Lipinski definition) is 3. The van der Waals surface area contributed by atoms with Gasteiger partial charge in [-0.3, -0.25) is 14.5 Å². The zero-order valence-electron chi connectivity index (χ0n) is 10.6. The molecule has 1 saturated heterocycles. The number of carbonyl (C=O) groups is 2. The summed E-state index contributed by atoms with van der Waals surface area (Å²) >= 11 is 0. The van der Waals surface area contributed by atoms with Crippen molar-refractivity contribution in [2.24, 2.45) is 11.3 Å². The van der Waals surface area contributed by atoms with Gasteiger partial charge in [0.05, 0.1) is 19.1 Å². The van der Waals surface area contributed by atoms with Crippen LogP contribution in [0.4, 0.5) is 0 Å². The topological polar surface area (TPSA) is 46.6 Å². The van der Waals surface area contributed by atoms with Gasteiger partial charge in [0.15, 0.2) is 0 Å². The number of amides is 2. The normalized spacial score (nSPS) is 22.0. The number of likely N-dealkylation sites (tertiary alicyclic amines) is 1. The molecule has 4 heteroatoms. The van der Waals surface area contributed by atoms with Crippen LogP contribution >= 0.6 is 0 Å². The summed E-state index contributed by atoms with van der Waals surface area (Å²) in [6.07, 6.45) is 0.342. The quantitative estimate of drug-likeness (QED) is 0.539. The lowest BCUT2D eigenvalue weighted by atomic mass is 9.80. The van der Waals surface area contributed by atoms with Gasteiger partial charge in [-0.25, -0.2) is 0 Å². The molecule has 0 bridgehead atoms. The van der Waals surface area contributed by atoms with Gasteiger partial charge in [-0.05, 0) is 12.3 Å². The van der Waals surface area contributed by atoms with Crippen molar-refractivity contribution in [3.8, 4) is 0 Å². The Kier molecular flexibility index (Phi) is 4.08. The second-order valence-corrected chi connectivity index (χ2v) is 5.20. The minimum Gasteiger partial charge on any atom is -0.380 e. The highest BCUT2D eigenvalue weighted by Crippen LogP contribution is 2.35. The predicted octanol–water partition coefficient (Wildman–Crippen LogP) is 1.44. The van der Waals surface area contributed by atoms with E-state index in [0.717, 1.165) is 0 Å². The third-order valence-corrected chi connectivity index (χ3v) is 2.95. The summed E-state index contributed by atoms with van der Waals surface area (Å²) in [4.78, 5) is 25.0. The van der Waals surface area contributed by atoms with E-state index in [1.807, 2.05) is 27.7 Å². The Hall–Kier alpha value is -0.900. The van der Waals surface area contributed by atoms with Crippen molar-refractivity contribution in [3.63, 3.8) is 0 Å². The van der Waals surface area contributed by atoms with Crippen LogP contribution < -0.4 is 0 Å². The minimum absolute atomic E-state index is 0.0443. The van der Waals surface area contributed by atoms with Gasteiger partial charge in [-0.2, -0.15) is 0 Å². The third kappa shape index (κ3) is 2.82. The zero-order chi connectivity index (χ0) is 12.3. The summed E-state index contributed by atoms with van der Waals surface area (Å²) in [5.74, 6) is -0.288. The molecular weight excluding hydrogens is 206 g/mol. The van der Waals surface area contributed by atoms with Crippen molar-refractivity contribution in [3.05, 3.63) is 0 Å². The van der Waals surface area contributed by atoms with E-state index in [9.17, 15) is 9.59 Å². The molecular formula is C12H21NO3. The van der Waals surface area contributed by atoms with Crippen LogP contribution in [0.5, 0.6) is 0 Å².